The lowest BCUT2D eigenvalue weighted by molar-refractivity contribution is 0.220. The maximum Gasteiger partial charge on any atom is 0.321 e. The summed E-state index contributed by atoms with van der Waals surface area (Å²) in [6, 6.07) is 7.00. The molecule has 0 aliphatic rings. The Morgan fingerprint density at radius 3 is 2.73 bits per heavy atom. The fraction of sp³-hybridized carbons (Fsp3) is 0.312. The molecule has 6 heteroatoms. The molecule has 0 radical (unpaired) electrons. The highest BCUT2D eigenvalue weighted by Gasteiger charge is 2.16. The SMILES string of the molecule is Cc1ccc(C#N)cc1NC(=O)N(C)Cc1c(C)noc1C. The van der Waals surface area contributed by atoms with Gasteiger partial charge in [-0.15, -0.1) is 0 Å². The van der Waals surface area contributed by atoms with Crippen LogP contribution in [0.2, 0.25) is 0 Å². The summed E-state index contributed by atoms with van der Waals surface area (Å²) in [4.78, 5) is 13.8. The van der Waals surface area contributed by atoms with E-state index in [1.807, 2.05) is 26.8 Å². The first-order valence-corrected chi connectivity index (χ1v) is 6.87. The van der Waals surface area contributed by atoms with Gasteiger partial charge >= 0.3 is 6.03 Å². The minimum Gasteiger partial charge on any atom is -0.361 e. The minimum atomic E-state index is -0.252. The molecule has 1 aromatic carbocycles. The average molecular weight is 298 g/mol. The van der Waals surface area contributed by atoms with E-state index in [9.17, 15) is 4.79 Å². The zero-order chi connectivity index (χ0) is 16.3. The Labute approximate surface area is 129 Å². The molecule has 0 bridgehead atoms. The molecule has 2 aromatic rings. The van der Waals surface area contributed by atoms with Crippen molar-refractivity contribution in [1.82, 2.24) is 10.1 Å². The maximum absolute atomic E-state index is 12.3. The van der Waals surface area contributed by atoms with Gasteiger partial charge in [0, 0.05) is 18.3 Å². The number of carbonyl (C=O) groups excluding carboxylic acids is 1. The van der Waals surface area contributed by atoms with Gasteiger partial charge in [-0.05, 0) is 38.5 Å². The van der Waals surface area contributed by atoms with Crippen LogP contribution in [0.4, 0.5) is 10.5 Å². The summed E-state index contributed by atoms with van der Waals surface area (Å²) in [5.74, 6) is 0.708. The fourth-order valence-electron chi connectivity index (χ4n) is 2.07. The van der Waals surface area contributed by atoms with Crippen LogP contribution in [0.5, 0.6) is 0 Å². The van der Waals surface area contributed by atoms with Gasteiger partial charge < -0.3 is 14.7 Å². The first kappa shape index (κ1) is 15.6. The van der Waals surface area contributed by atoms with Crippen LogP contribution in [-0.2, 0) is 6.54 Å². The first-order valence-electron chi connectivity index (χ1n) is 6.87. The highest BCUT2D eigenvalue weighted by Crippen LogP contribution is 2.18. The molecule has 0 saturated carbocycles. The van der Waals surface area contributed by atoms with Crippen molar-refractivity contribution < 1.29 is 9.32 Å². The van der Waals surface area contributed by atoms with E-state index in [0.717, 1.165) is 16.8 Å². The summed E-state index contributed by atoms with van der Waals surface area (Å²) < 4.78 is 5.10. The van der Waals surface area contributed by atoms with Crippen molar-refractivity contribution in [3.8, 4) is 6.07 Å². The Morgan fingerprint density at radius 1 is 1.41 bits per heavy atom. The second-order valence-electron chi connectivity index (χ2n) is 5.23. The molecule has 1 aromatic heterocycles. The molecule has 1 heterocycles. The van der Waals surface area contributed by atoms with Gasteiger partial charge in [0.05, 0.1) is 23.9 Å². The van der Waals surface area contributed by atoms with Crippen molar-refractivity contribution in [1.29, 1.82) is 5.26 Å². The van der Waals surface area contributed by atoms with Crippen molar-refractivity contribution in [3.63, 3.8) is 0 Å². The zero-order valence-corrected chi connectivity index (χ0v) is 13.1. The lowest BCUT2D eigenvalue weighted by Crippen LogP contribution is -2.31. The Bertz CT molecular complexity index is 724. The second kappa shape index (κ2) is 6.31. The summed E-state index contributed by atoms with van der Waals surface area (Å²) in [6.07, 6.45) is 0. The first-order chi connectivity index (χ1) is 10.4. The number of nitriles is 1. The van der Waals surface area contributed by atoms with E-state index < -0.39 is 0 Å². The number of rotatable bonds is 3. The number of nitrogens with zero attached hydrogens (tertiary/aromatic N) is 3. The normalized spacial score (nSPS) is 10.1. The number of urea groups is 1. The van der Waals surface area contributed by atoms with Crippen molar-refractivity contribution in [2.75, 3.05) is 12.4 Å². The molecule has 0 saturated heterocycles. The molecule has 0 unspecified atom stereocenters. The van der Waals surface area contributed by atoms with Crippen molar-refractivity contribution in [3.05, 3.63) is 46.3 Å². The predicted octanol–water partition coefficient (Wildman–Crippen LogP) is 3.14. The Balaban J connectivity index is 2.11. The molecular weight excluding hydrogens is 280 g/mol. The van der Waals surface area contributed by atoms with Crippen molar-refractivity contribution >= 4 is 11.7 Å². The van der Waals surface area contributed by atoms with E-state index in [4.69, 9.17) is 9.78 Å². The fourth-order valence-corrected chi connectivity index (χ4v) is 2.07. The van der Waals surface area contributed by atoms with Gasteiger partial charge in [0.25, 0.3) is 0 Å². The number of benzene rings is 1. The number of hydrogen-bond donors (Lipinski definition) is 1. The summed E-state index contributed by atoms with van der Waals surface area (Å²) >= 11 is 0. The number of aromatic nitrogens is 1. The lowest BCUT2D eigenvalue weighted by Gasteiger charge is -2.18. The van der Waals surface area contributed by atoms with E-state index >= 15 is 0 Å². The Kier molecular flexibility index (Phi) is 4.47. The third-order valence-corrected chi connectivity index (χ3v) is 3.53. The number of carbonyl (C=O) groups is 1. The average Bonchev–Trinajstić information content (AvgIpc) is 2.81. The smallest absolute Gasteiger partial charge is 0.321 e. The van der Waals surface area contributed by atoms with Gasteiger partial charge in [0.1, 0.15) is 5.76 Å². The minimum absolute atomic E-state index is 0.252. The molecule has 0 aliphatic carbocycles. The van der Waals surface area contributed by atoms with Gasteiger partial charge in [-0.1, -0.05) is 11.2 Å². The van der Waals surface area contributed by atoms with Crippen molar-refractivity contribution in [2.45, 2.75) is 27.3 Å². The molecule has 2 amide bonds. The largest absolute Gasteiger partial charge is 0.361 e. The monoisotopic (exact) mass is 298 g/mol. The van der Waals surface area contributed by atoms with E-state index in [1.165, 1.54) is 0 Å². The molecule has 1 N–H and O–H groups in total. The summed E-state index contributed by atoms with van der Waals surface area (Å²) in [6.45, 7) is 5.95. The van der Waals surface area contributed by atoms with E-state index in [-0.39, 0.29) is 6.03 Å². The third-order valence-electron chi connectivity index (χ3n) is 3.53. The molecule has 114 valence electrons. The van der Waals surface area contributed by atoms with Gasteiger partial charge in [-0.2, -0.15) is 5.26 Å². The number of hydrogen-bond acceptors (Lipinski definition) is 4. The van der Waals surface area contributed by atoms with Crippen LogP contribution in [0.15, 0.2) is 22.7 Å². The molecule has 0 aliphatic heterocycles. The Hall–Kier alpha value is -2.81. The molecule has 0 atom stereocenters. The number of anilines is 1. The van der Waals surface area contributed by atoms with Gasteiger partial charge in [0.2, 0.25) is 0 Å². The number of amides is 2. The highest BCUT2D eigenvalue weighted by atomic mass is 16.5. The molecule has 6 nitrogen and oxygen atoms in total. The van der Waals surface area contributed by atoms with Crippen LogP contribution in [0.3, 0.4) is 0 Å². The predicted molar refractivity (Wildman–Crippen MR) is 82.4 cm³/mol. The number of nitrogens with one attached hydrogen (secondary N) is 1. The maximum atomic E-state index is 12.3. The molecule has 0 fully saturated rings. The molecule has 0 spiro atoms. The van der Waals surface area contributed by atoms with Crippen LogP contribution < -0.4 is 5.32 Å². The molecular formula is C16H18N4O2. The van der Waals surface area contributed by atoms with Crippen LogP contribution in [-0.4, -0.2) is 23.1 Å². The topological polar surface area (TPSA) is 82.2 Å². The Morgan fingerprint density at radius 2 is 2.14 bits per heavy atom. The quantitative estimate of drug-likeness (QED) is 0.943. The summed E-state index contributed by atoms with van der Waals surface area (Å²) in [5, 5.41) is 15.6. The van der Waals surface area contributed by atoms with Crippen LogP contribution in [0.1, 0.15) is 28.1 Å². The standard InChI is InChI=1S/C16H18N4O2/c1-10-5-6-13(8-17)7-15(10)18-16(21)20(4)9-14-11(2)19-22-12(14)3/h5-7H,9H2,1-4H3,(H,18,21). The van der Waals surface area contributed by atoms with Gasteiger partial charge in [0.15, 0.2) is 0 Å². The zero-order valence-electron chi connectivity index (χ0n) is 13.1. The number of aryl methyl sites for hydroxylation is 3. The van der Waals surface area contributed by atoms with Gasteiger partial charge in [-0.3, -0.25) is 0 Å². The summed E-state index contributed by atoms with van der Waals surface area (Å²) in [7, 11) is 1.70. The van der Waals surface area contributed by atoms with E-state index in [1.54, 1.807) is 24.1 Å². The van der Waals surface area contributed by atoms with Crippen LogP contribution in [0, 0.1) is 32.1 Å². The lowest BCUT2D eigenvalue weighted by atomic mass is 10.1. The van der Waals surface area contributed by atoms with Crippen LogP contribution >= 0.6 is 0 Å². The van der Waals surface area contributed by atoms with E-state index in [0.29, 0.717) is 23.6 Å². The van der Waals surface area contributed by atoms with Gasteiger partial charge in [-0.25, -0.2) is 4.79 Å². The van der Waals surface area contributed by atoms with Crippen molar-refractivity contribution in [2.24, 2.45) is 0 Å². The van der Waals surface area contributed by atoms with E-state index in [2.05, 4.69) is 16.5 Å². The highest BCUT2D eigenvalue weighted by molar-refractivity contribution is 5.90. The second-order valence-corrected chi connectivity index (χ2v) is 5.23. The summed E-state index contributed by atoms with van der Waals surface area (Å²) in [5.41, 5.74) is 3.72. The molecule has 2 rings (SSSR count). The van der Waals surface area contributed by atoms with Crippen LogP contribution in [0.25, 0.3) is 0 Å². The third kappa shape index (κ3) is 3.26. The molecule has 22 heavy (non-hydrogen) atoms.